The molecule has 0 radical (unpaired) electrons. The van der Waals surface area contributed by atoms with Gasteiger partial charge in [-0.25, -0.2) is 0 Å². The third-order valence-electron chi connectivity index (χ3n) is 4.47. The lowest BCUT2D eigenvalue weighted by Crippen LogP contribution is -2.13. The number of ketones is 1. The molecule has 5 heteroatoms. The van der Waals surface area contributed by atoms with E-state index in [1.165, 1.54) is 0 Å². The molecule has 2 aliphatic heterocycles. The van der Waals surface area contributed by atoms with Crippen molar-refractivity contribution < 1.29 is 14.3 Å². The molecule has 2 aliphatic rings. The second-order valence-corrected chi connectivity index (χ2v) is 7.47. The van der Waals surface area contributed by atoms with Gasteiger partial charge in [0.15, 0.2) is 5.78 Å². The maximum atomic E-state index is 12.8. The van der Waals surface area contributed by atoms with E-state index in [9.17, 15) is 4.79 Å². The van der Waals surface area contributed by atoms with Gasteiger partial charge >= 0.3 is 0 Å². The van der Waals surface area contributed by atoms with E-state index in [1.54, 1.807) is 0 Å². The Labute approximate surface area is 157 Å². The molecule has 24 heavy (non-hydrogen) atoms. The molecule has 2 heterocycles. The summed E-state index contributed by atoms with van der Waals surface area (Å²) in [5.41, 5.74) is 3.63. The van der Waals surface area contributed by atoms with Gasteiger partial charge in [-0.15, -0.1) is 0 Å². The highest BCUT2D eigenvalue weighted by Crippen LogP contribution is 2.33. The summed E-state index contributed by atoms with van der Waals surface area (Å²) >= 11 is 6.90. The van der Waals surface area contributed by atoms with Crippen molar-refractivity contribution >= 4 is 37.6 Å². The molecule has 124 valence electrons. The predicted molar refractivity (Wildman–Crippen MR) is 100 cm³/mol. The first-order chi connectivity index (χ1) is 11.7. The zero-order chi connectivity index (χ0) is 16.7. The van der Waals surface area contributed by atoms with Crippen LogP contribution in [0.3, 0.4) is 0 Å². The first-order valence-corrected chi connectivity index (χ1v) is 10.2. The van der Waals surface area contributed by atoms with E-state index in [1.807, 2.05) is 36.4 Å². The molecule has 0 saturated carbocycles. The SMILES string of the molecule is O=C(c1ccc2c(c1)CC(CBr)O2)c1ccc2c(c1)CC(CBr)O2. The first-order valence-electron chi connectivity index (χ1n) is 7.93. The summed E-state index contributed by atoms with van der Waals surface area (Å²) in [5, 5.41) is 1.59. The lowest BCUT2D eigenvalue weighted by atomic mass is 9.97. The smallest absolute Gasteiger partial charge is 0.193 e. The zero-order valence-electron chi connectivity index (χ0n) is 12.9. The molecule has 0 saturated heterocycles. The average Bonchev–Trinajstić information content (AvgIpc) is 3.22. The third kappa shape index (κ3) is 2.88. The van der Waals surface area contributed by atoms with Crippen LogP contribution in [0.15, 0.2) is 36.4 Å². The summed E-state index contributed by atoms with van der Waals surface area (Å²) in [6.45, 7) is 0. The molecule has 2 unspecified atom stereocenters. The van der Waals surface area contributed by atoms with E-state index >= 15 is 0 Å². The summed E-state index contributed by atoms with van der Waals surface area (Å²) < 4.78 is 11.6. The fraction of sp³-hybridized carbons (Fsp3) is 0.316. The average molecular weight is 452 g/mol. The van der Waals surface area contributed by atoms with Crippen LogP contribution in [0.1, 0.15) is 27.0 Å². The summed E-state index contributed by atoms with van der Waals surface area (Å²) in [6.07, 6.45) is 1.99. The summed E-state index contributed by atoms with van der Waals surface area (Å²) in [7, 11) is 0. The number of fused-ring (bicyclic) bond motifs is 2. The molecule has 0 bridgehead atoms. The lowest BCUT2D eigenvalue weighted by molar-refractivity contribution is 0.103. The van der Waals surface area contributed by atoms with Gasteiger partial charge in [-0.05, 0) is 47.5 Å². The normalized spacial score (nSPS) is 20.9. The lowest BCUT2D eigenvalue weighted by Gasteiger charge is -2.06. The molecule has 4 rings (SSSR count). The Morgan fingerprint density at radius 2 is 1.33 bits per heavy atom. The predicted octanol–water partition coefficient (Wildman–Crippen LogP) is 4.31. The molecular formula is C19H16Br2O3. The number of halogens is 2. The van der Waals surface area contributed by atoms with Gasteiger partial charge in [0.2, 0.25) is 0 Å². The minimum absolute atomic E-state index is 0.0465. The number of carbonyl (C=O) groups is 1. The molecule has 2 atom stereocenters. The minimum atomic E-state index is 0.0465. The standard InChI is InChI=1S/C19H16Br2O3/c20-9-15-7-13-5-11(1-3-17(13)23-15)19(22)12-2-4-18-14(6-12)8-16(10-21)24-18/h1-6,15-16H,7-10H2. The van der Waals surface area contributed by atoms with Crippen molar-refractivity contribution in [2.45, 2.75) is 25.0 Å². The highest BCUT2D eigenvalue weighted by Gasteiger charge is 2.25. The van der Waals surface area contributed by atoms with E-state index in [2.05, 4.69) is 31.9 Å². The molecule has 2 aromatic rings. The Balaban J connectivity index is 1.60. The number of rotatable bonds is 4. The Kier molecular flexibility index (Phi) is 4.39. The number of hydrogen-bond acceptors (Lipinski definition) is 3. The summed E-state index contributed by atoms with van der Waals surface area (Å²) in [6, 6.07) is 11.4. The fourth-order valence-corrected chi connectivity index (χ4v) is 3.98. The number of benzene rings is 2. The van der Waals surface area contributed by atoms with Crippen molar-refractivity contribution in [1.82, 2.24) is 0 Å². The largest absolute Gasteiger partial charge is 0.489 e. The van der Waals surface area contributed by atoms with Crippen LogP contribution in [0.25, 0.3) is 0 Å². The number of ether oxygens (including phenoxy) is 2. The van der Waals surface area contributed by atoms with Gasteiger partial charge in [0.05, 0.1) is 0 Å². The quantitative estimate of drug-likeness (QED) is 0.513. The Morgan fingerprint density at radius 3 is 1.75 bits per heavy atom. The fourth-order valence-electron chi connectivity index (χ4n) is 3.26. The van der Waals surface area contributed by atoms with Crippen molar-refractivity contribution in [2.24, 2.45) is 0 Å². The molecule has 0 N–H and O–H groups in total. The van der Waals surface area contributed by atoms with Crippen LogP contribution in [0.4, 0.5) is 0 Å². The summed E-state index contributed by atoms with van der Waals surface area (Å²) in [4.78, 5) is 12.8. The van der Waals surface area contributed by atoms with Crippen molar-refractivity contribution in [2.75, 3.05) is 10.7 Å². The topological polar surface area (TPSA) is 35.5 Å². The van der Waals surface area contributed by atoms with Gasteiger partial charge in [-0.1, -0.05) is 31.9 Å². The Morgan fingerprint density at radius 1 is 0.875 bits per heavy atom. The van der Waals surface area contributed by atoms with Gasteiger partial charge in [-0.2, -0.15) is 0 Å². The second kappa shape index (κ2) is 6.52. The first kappa shape index (κ1) is 16.2. The van der Waals surface area contributed by atoms with Crippen LogP contribution in [0.2, 0.25) is 0 Å². The molecule has 2 aromatic carbocycles. The molecule has 0 aromatic heterocycles. The van der Waals surface area contributed by atoms with Crippen molar-refractivity contribution in [1.29, 1.82) is 0 Å². The van der Waals surface area contributed by atoms with E-state index in [0.717, 1.165) is 46.1 Å². The number of carbonyl (C=O) groups excluding carboxylic acids is 1. The maximum absolute atomic E-state index is 12.8. The second-order valence-electron chi connectivity index (χ2n) is 6.17. The Hall–Kier alpha value is -1.33. The zero-order valence-corrected chi connectivity index (χ0v) is 16.1. The van der Waals surface area contributed by atoms with Crippen LogP contribution in [-0.2, 0) is 12.8 Å². The van der Waals surface area contributed by atoms with Crippen LogP contribution in [0.5, 0.6) is 11.5 Å². The Bertz CT molecular complexity index is 738. The third-order valence-corrected chi connectivity index (χ3v) is 5.92. The van der Waals surface area contributed by atoms with Crippen molar-refractivity contribution in [3.63, 3.8) is 0 Å². The van der Waals surface area contributed by atoms with Crippen LogP contribution < -0.4 is 9.47 Å². The van der Waals surface area contributed by atoms with Crippen LogP contribution >= 0.6 is 31.9 Å². The van der Waals surface area contributed by atoms with Crippen LogP contribution in [-0.4, -0.2) is 28.7 Å². The van der Waals surface area contributed by atoms with E-state index < -0.39 is 0 Å². The molecule has 0 spiro atoms. The van der Waals surface area contributed by atoms with Gasteiger partial charge < -0.3 is 9.47 Å². The number of alkyl halides is 2. The molecule has 0 amide bonds. The van der Waals surface area contributed by atoms with E-state index in [-0.39, 0.29) is 18.0 Å². The van der Waals surface area contributed by atoms with E-state index in [4.69, 9.17) is 9.47 Å². The van der Waals surface area contributed by atoms with Crippen molar-refractivity contribution in [3.05, 3.63) is 58.7 Å². The molecule has 0 aliphatic carbocycles. The minimum Gasteiger partial charge on any atom is -0.489 e. The van der Waals surface area contributed by atoms with Gasteiger partial charge in [-0.3, -0.25) is 4.79 Å². The van der Waals surface area contributed by atoms with Gasteiger partial charge in [0.1, 0.15) is 23.7 Å². The molecular weight excluding hydrogens is 436 g/mol. The van der Waals surface area contributed by atoms with Crippen molar-refractivity contribution in [3.8, 4) is 11.5 Å². The highest BCUT2D eigenvalue weighted by atomic mass is 79.9. The van der Waals surface area contributed by atoms with Gasteiger partial charge in [0.25, 0.3) is 0 Å². The molecule has 3 nitrogen and oxygen atoms in total. The maximum Gasteiger partial charge on any atom is 0.193 e. The summed E-state index contributed by atoms with van der Waals surface area (Å²) in [5.74, 6) is 1.82. The van der Waals surface area contributed by atoms with Gasteiger partial charge in [0, 0.05) is 34.6 Å². The monoisotopic (exact) mass is 450 g/mol. The van der Waals surface area contributed by atoms with Crippen LogP contribution in [0, 0.1) is 0 Å². The number of hydrogen-bond donors (Lipinski definition) is 0. The molecule has 0 fully saturated rings. The van der Waals surface area contributed by atoms with E-state index in [0.29, 0.717) is 11.1 Å². The highest BCUT2D eigenvalue weighted by molar-refractivity contribution is 9.09.